The smallest absolute Gasteiger partial charge is 0.316 e. The van der Waals surface area contributed by atoms with Gasteiger partial charge in [-0.1, -0.05) is 18.2 Å². The first-order valence-corrected chi connectivity index (χ1v) is 7.43. The molecule has 108 valence electrons. The summed E-state index contributed by atoms with van der Waals surface area (Å²) in [6, 6.07) is 13.5. The van der Waals surface area contributed by atoms with Crippen molar-refractivity contribution in [3.8, 4) is 0 Å². The first kappa shape index (κ1) is 14.9. The van der Waals surface area contributed by atoms with Gasteiger partial charge in [-0.05, 0) is 36.6 Å². The van der Waals surface area contributed by atoms with E-state index in [4.69, 9.17) is 5.73 Å². The third-order valence-corrected chi connectivity index (χ3v) is 3.54. The largest absolute Gasteiger partial charge is 0.351 e. The lowest BCUT2D eigenvalue weighted by Crippen LogP contribution is -2.20. The summed E-state index contributed by atoms with van der Waals surface area (Å²) < 4.78 is 0. The highest BCUT2D eigenvalue weighted by Gasteiger charge is 2.09. The van der Waals surface area contributed by atoms with Crippen molar-refractivity contribution in [3.63, 3.8) is 0 Å². The number of amides is 3. The molecule has 2 aromatic carbocycles. The van der Waals surface area contributed by atoms with Gasteiger partial charge in [0.1, 0.15) is 0 Å². The summed E-state index contributed by atoms with van der Waals surface area (Å²) in [5, 5.41) is 5.30. The summed E-state index contributed by atoms with van der Waals surface area (Å²) in [5.41, 5.74) is 6.73. The van der Waals surface area contributed by atoms with Crippen LogP contribution < -0.4 is 16.4 Å². The molecule has 0 aliphatic carbocycles. The van der Waals surface area contributed by atoms with Gasteiger partial charge in [-0.15, -0.1) is 11.8 Å². The lowest BCUT2D eigenvalue weighted by molar-refractivity contribution is 0.102. The van der Waals surface area contributed by atoms with Gasteiger partial charge in [0.2, 0.25) is 0 Å². The number of benzene rings is 2. The number of urea groups is 1. The summed E-state index contributed by atoms with van der Waals surface area (Å²) in [6.07, 6.45) is 1.95. The molecule has 0 atom stereocenters. The number of nitrogens with two attached hydrogens (primary N) is 1. The minimum Gasteiger partial charge on any atom is -0.351 e. The molecule has 0 aliphatic heterocycles. The maximum absolute atomic E-state index is 12.3. The Balaban J connectivity index is 2.18. The van der Waals surface area contributed by atoms with E-state index >= 15 is 0 Å². The predicted octanol–water partition coefficient (Wildman–Crippen LogP) is 3.15. The number of rotatable bonds is 4. The van der Waals surface area contributed by atoms with E-state index in [1.54, 1.807) is 36.0 Å². The van der Waals surface area contributed by atoms with Crippen LogP contribution in [0.25, 0.3) is 0 Å². The van der Waals surface area contributed by atoms with Crippen LogP contribution in [-0.2, 0) is 0 Å². The van der Waals surface area contributed by atoms with Gasteiger partial charge in [0.25, 0.3) is 5.91 Å². The lowest BCUT2D eigenvalue weighted by atomic mass is 10.2. The topological polar surface area (TPSA) is 84.2 Å². The van der Waals surface area contributed by atoms with Crippen molar-refractivity contribution in [1.29, 1.82) is 0 Å². The van der Waals surface area contributed by atoms with E-state index in [0.717, 1.165) is 10.6 Å². The van der Waals surface area contributed by atoms with Crippen molar-refractivity contribution in [2.75, 3.05) is 16.9 Å². The van der Waals surface area contributed by atoms with Crippen molar-refractivity contribution in [3.05, 3.63) is 54.1 Å². The number of primary amides is 1. The van der Waals surface area contributed by atoms with Crippen LogP contribution in [0.5, 0.6) is 0 Å². The van der Waals surface area contributed by atoms with Crippen LogP contribution in [-0.4, -0.2) is 18.2 Å². The second-order valence-corrected chi connectivity index (χ2v) is 5.07. The Morgan fingerprint density at radius 1 is 1.05 bits per heavy atom. The Kier molecular flexibility index (Phi) is 4.84. The van der Waals surface area contributed by atoms with Crippen molar-refractivity contribution in [2.24, 2.45) is 5.73 Å². The number of thioether (sulfide) groups is 1. The summed E-state index contributed by atoms with van der Waals surface area (Å²) in [6.45, 7) is 0. The van der Waals surface area contributed by atoms with Crippen molar-refractivity contribution in [1.82, 2.24) is 0 Å². The number of carbonyl (C=O) groups is 2. The highest BCUT2D eigenvalue weighted by molar-refractivity contribution is 7.98. The average molecular weight is 301 g/mol. The average Bonchev–Trinajstić information content (AvgIpc) is 2.47. The molecule has 21 heavy (non-hydrogen) atoms. The van der Waals surface area contributed by atoms with Gasteiger partial charge in [-0.25, -0.2) is 4.79 Å². The van der Waals surface area contributed by atoms with Gasteiger partial charge in [-0.3, -0.25) is 4.79 Å². The molecule has 2 aromatic rings. The quantitative estimate of drug-likeness (QED) is 0.758. The molecule has 0 saturated heterocycles. The minimum atomic E-state index is -0.666. The molecule has 0 heterocycles. The summed E-state index contributed by atoms with van der Waals surface area (Å²) in [7, 11) is 0. The lowest BCUT2D eigenvalue weighted by Gasteiger charge is -2.10. The molecule has 3 amide bonds. The number of para-hydroxylation sites is 1. The molecule has 0 unspecified atom stereocenters. The molecule has 0 fully saturated rings. The van der Waals surface area contributed by atoms with Gasteiger partial charge in [0, 0.05) is 16.1 Å². The number of hydrogen-bond acceptors (Lipinski definition) is 3. The molecule has 0 saturated carbocycles. The van der Waals surface area contributed by atoms with Crippen LogP contribution in [0, 0.1) is 0 Å². The molecule has 2 rings (SSSR count). The molecule has 4 N–H and O–H groups in total. The Bertz CT molecular complexity index is 673. The van der Waals surface area contributed by atoms with E-state index < -0.39 is 6.03 Å². The first-order chi connectivity index (χ1) is 10.1. The van der Waals surface area contributed by atoms with Crippen LogP contribution in [0.1, 0.15) is 10.4 Å². The maximum Gasteiger partial charge on any atom is 0.316 e. The minimum absolute atomic E-state index is 0.246. The van der Waals surface area contributed by atoms with Crippen LogP contribution in [0.3, 0.4) is 0 Å². The van der Waals surface area contributed by atoms with Crippen molar-refractivity contribution in [2.45, 2.75) is 4.90 Å². The number of carbonyl (C=O) groups excluding carboxylic acids is 2. The molecule has 0 aliphatic rings. The number of anilines is 2. The summed E-state index contributed by atoms with van der Waals surface area (Å²) in [5.74, 6) is -0.246. The Hall–Kier alpha value is -2.47. The van der Waals surface area contributed by atoms with Crippen LogP contribution in [0.2, 0.25) is 0 Å². The van der Waals surface area contributed by atoms with Gasteiger partial charge >= 0.3 is 6.03 Å². The Morgan fingerprint density at radius 3 is 2.52 bits per heavy atom. The zero-order valence-electron chi connectivity index (χ0n) is 11.4. The van der Waals surface area contributed by atoms with E-state index in [9.17, 15) is 9.59 Å². The van der Waals surface area contributed by atoms with Crippen LogP contribution >= 0.6 is 11.8 Å². The number of nitrogens with one attached hydrogen (secondary N) is 2. The molecular formula is C15H15N3O2S. The second-order valence-electron chi connectivity index (χ2n) is 4.22. The Morgan fingerprint density at radius 2 is 1.81 bits per heavy atom. The fraction of sp³-hybridized carbons (Fsp3) is 0.0667. The summed E-state index contributed by atoms with van der Waals surface area (Å²) >= 11 is 1.56. The second kappa shape index (κ2) is 6.81. The monoisotopic (exact) mass is 301 g/mol. The zero-order valence-corrected chi connectivity index (χ0v) is 12.2. The number of hydrogen-bond donors (Lipinski definition) is 3. The molecule has 6 heteroatoms. The normalized spacial score (nSPS) is 9.95. The first-order valence-electron chi connectivity index (χ1n) is 6.21. The third-order valence-electron chi connectivity index (χ3n) is 2.75. The molecule has 5 nitrogen and oxygen atoms in total. The highest BCUT2D eigenvalue weighted by Crippen LogP contribution is 2.25. The molecule has 0 spiro atoms. The van der Waals surface area contributed by atoms with E-state index in [1.807, 2.05) is 30.5 Å². The predicted molar refractivity (Wildman–Crippen MR) is 85.8 cm³/mol. The molecule has 0 bridgehead atoms. The van der Waals surface area contributed by atoms with E-state index in [0.29, 0.717) is 11.3 Å². The van der Waals surface area contributed by atoms with Crippen LogP contribution in [0.15, 0.2) is 53.4 Å². The molecule has 0 aromatic heterocycles. The van der Waals surface area contributed by atoms with Crippen LogP contribution in [0.4, 0.5) is 16.2 Å². The molecular weight excluding hydrogens is 286 g/mol. The zero-order chi connectivity index (χ0) is 15.2. The fourth-order valence-corrected chi connectivity index (χ4v) is 2.38. The molecule has 0 radical (unpaired) electrons. The third kappa shape index (κ3) is 4.00. The van der Waals surface area contributed by atoms with Gasteiger partial charge in [0.15, 0.2) is 0 Å². The Labute approximate surface area is 126 Å². The van der Waals surface area contributed by atoms with Gasteiger partial charge in [-0.2, -0.15) is 0 Å². The van der Waals surface area contributed by atoms with E-state index in [-0.39, 0.29) is 5.91 Å². The SMILES string of the molecule is CSc1ccccc1NC(=O)c1cccc(NC(N)=O)c1. The van der Waals surface area contributed by atoms with Gasteiger partial charge in [0.05, 0.1) is 5.69 Å². The fourth-order valence-electron chi connectivity index (χ4n) is 1.82. The van der Waals surface area contributed by atoms with Crippen molar-refractivity contribution < 1.29 is 9.59 Å². The highest BCUT2D eigenvalue weighted by atomic mass is 32.2. The van der Waals surface area contributed by atoms with Gasteiger partial charge < -0.3 is 16.4 Å². The summed E-state index contributed by atoms with van der Waals surface area (Å²) in [4.78, 5) is 24.1. The van der Waals surface area contributed by atoms with Crippen molar-refractivity contribution >= 4 is 35.1 Å². The van der Waals surface area contributed by atoms with E-state index in [1.165, 1.54) is 0 Å². The standard InChI is InChI=1S/C15H15N3O2S/c1-21-13-8-3-2-7-12(13)18-14(19)10-5-4-6-11(9-10)17-15(16)20/h2-9H,1H3,(H,18,19)(H3,16,17,20). The van der Waals surface area contributed by atoms with E-state index in [2.05, 4.69) is 10.6 Å². The maximum atomic E-state index is 12.3.